The number of hydrogen-bond donors (Lipinski definition) is 2. The molecule has 1 aliphatic rings. The summed E-state index contributed by atoms with van der Waals surface area (Å²) in [4.78, 5) is 7.82. The van der Waals surface area contributed by atoms with Crippen molar-refractivity contribution in [3.63, 3.8) is 0 Å². The second kappa shape index (κ2) is 2.80. The molecule has 0 saturated carbocycles. The Morgan fingerprint density at radius 1 is 1.42 bits per heavy atom. The largest absolute Gasteiger partial charge is 0.390 e. The molecule has 0 aliphatic heterocycles. The Kier molecular flexibility index (Phi) is 1.78. The van der Waals surface area contributed by atoms with E-state index >= 15 is 0 Å². The highest BCUT2D eigenvalue weighted by atomic mass is 16.3. The smallest absolute Gasteiger partial charge is 0.115 e. The maximum Gasteiger partial charge on any atom is 0.115 e. The van der Waals surface area contributed by atoms with Gasteiger partial charge in [-0.15, -0.1) is 0 Å². The van der Waals surface area contributed by atoms with E-state index in [0.717, 1.165) is 12.1 Å². The van der Waals surface area contributed by atoms with Crippen molar-refractivity contribution in [2.45, 2.75) is 25.0 Å². The predicted molar refractivity (Wildman–Crippen MR) is 41.3 cm³/mol. The first kappa shape index (κ1) is 7.64. The molecule has 4 heteroatoms. The monoisotopic (exact) mass is 166 g/mol. The summed E-state index contributed by atoms with van der Waals surface area (Å²) in [6, 6.07) is 0. The zero-order valence-electron chi connectivity index (χ0n) is 6.51. The van der Waals surface area contributed by atoms with E-state index in [1.54, 1.807) is 6.20 Å². The van der Waals surface area contributed by atoms with Crippen molar-refractivity contribution in [1.29, 1.82) is 0 Å². The van der Waals surface area contributed by atoms with Gasteiger partial charge in [0.2, 0.25) is 0 Å². The Labute approximate surface area is 69.9 Å². The van der Waals surface area contributed by atoms with Crippen LogP contribution in [0.1, 0.15) is 23.8 Å². The predicted octanol–water partition coefficient (Wildman–Crippen LogP) is -0.183. The number of hydrogen-bond acceptors (Lipinski definition) is 4. The third-order valence-corrected chi connectivity index (χ3v) is 2.19. The molecule has 1 aliphatic carbocycles. The van der Waals surface area contributed by atoms with E-state index in [1.807, 2.05) is 0 Å². The molecule has 0 amide bonds. The van der Waals surface area contributed by atoms with Crippen LogP contribution in [0.15, 0.2) is 12.5 Å². The normalized spacial score (nSPS) is 28.2. The number of fused-ring (bicyclic) bond motifs is 1. The van der Waals surface area contributed by atoms with Crippen LogP contribution in [0.2, 0.25) is 0 Å². The number of nitrogens with zero attached hydrogens (tertiary/aromatic N) is 2. The van der Waals surface area contributed by atoms with Gasteiger partial charge < -0.3 is 10.2 Å². The minimum Gasteiger partial charge on any atom is -0.390 e. The number of aliphatic hydroxyl groups is 2. The summed E-state index contributed by atoms with van der Waals surface area (Å²) >= 11 is 0. The van der Waals surface area contributed by atoms with E-state index in [4.69, 9.17) is 0 Å². The number of aliphatic hydroxyl groups excluding tert-OH is 2. The summed E-state index contributed by atoms with van der Waals surface area (Å²) in [5, 5.41) is 18.8. The molecule has 64 valence electrons. The molecular formula is C8H10N2O2. The lowest BCUT2D eigenvalue weighted by atomic mass is 9.92. The van der Waals surface area contributed by atoms with Gasteiger partial charge in [0, 0.05) is 17.5 Å². The van der Waals surface area contributed by atoms with Crippen LogP contribution in [0.5, 0.6) is 0 Å². The molecule has 2 atom stereocenters. The van der Waals surface area contributed by atoms with Crippen molar-refractivity contribution in [3.8, 4) is 0 Å². The molecule has 1 heterocycles. The first-order valence-electron chi connectivity index (χ1n) is 3.94. The zero-order valence-corrected chi connectivity index (χ0v) is 6.51. The molecule has 2 unspecified atom stereocenters. The molecule has 2 rings (SSSR count). The van der Waals surface area contributed by atoms with Crippen LogP contribution in [-0.4, -0.2) is 26.3 Å². The van der Waals surface area contributed by atoms with Gasteiger partial charge in [-0.2, -0.15) is 0 Å². The molecule has 1 aromatic heterocycles. The highest BCUT2D eigenvalue weighted by molar-refractivity contribution is 5.22. The van der Waals surface area contributed by atoms with E-state index in [2.05, 4.69) is 9.97 Å². The van der Waals surface area contributed by atoms with Gasteiger partial charge in [0.1, 0.15) is 12.4 Å². The van der Waals surface area contributed by atoms with Gasteiger partial charge >= 0.3 is 0 Å². The van der Waals surface area contributed by atoms with E-state index in [0.29, 0.717) is 12.0 Å². The van der Waals surface area contributed by atoms with Gasteiger partial charge in [-0.25, -0.2) is 9.97 Å². The third-order valence-electron chi connectivity index (χ3n) is 2.19. The molecule has 0 radical (unpaired) electrons. The Bertz CT molecular complexity index is 290. The van der Waals surface area contributed by atoms with Crippen LogP contribution in [0.25, 0.3) is 0 Å². The molecule has 12 heavy (non-hydrogen) atoms. The highest BCUT2D eigenvalue weighted by Crippen LogP contribution is 2.27. The molecule has 4 nitrogen and oxygen atoms in total. The van der Waals surface area contributed by atoms with E-state index in [-0.39, 0.29) is 0 Å². The molecule has 0 bridgehead atoms. The van der Waals surface area contributed by atoms with Crippen LogP contribution >= 0.6 is 0 Å². The van der Waals surface area contributed by atoms with Crippen LogP contribution in [-0.2, 0) is 6.42 Å². The number of aryl methyl sites for hydroxylation is 1. The first-order chi connectivity index (χ1) is 5.79. The Hall–Kier alpha value is -1.00. The zero-order chi connectivity index (χ0) is 8.55. The second-order valence-electron chi connectivity index (χ2n) is 2.98. The molecule has 0 saturated heterocycles. The fourth-order valence-electron chi connectivity index (χ4n) is 1.47. The van der Waals surface area contributed by atoms with Crippen molar-refractivity contribution >= 4 is 0 Å². The Balaban J connectivity index is 2.42. The molecular weight excluding hydrogens is 156 g/mol. The topological polar surface area (TPSA) is 66.2 Å². The number of rotatable bonds is 0. The lowest BCUT2D eigenvalue weighted by Crippen LogP contribution is -2.25. The molecule has 0 aromatic carbocycles. The van der Waals surface area contributed by atoms with Crippen molar-refractivity contribution in [1.82, 2.24) is 9.97 Å². The molecule has 0 spiro atoms. The summed E-state index contributed by atoms with van der Waals surface area (Å²) in [5.74, 6) is 0. The SMILES string of the molecule is OC1CCc2ncncc2C1O. The minimum atomic E-state index is -0.810. The fraction of sp³-hybridized carbons (Fsp3) is 0.500. The maximum atomic E-state index is 9.50. The second-order valence-corrected chi connectivity index (χ2v) is 2.98. The van der Waals surface area contributed by atoms with Crippen molar-refractivity contribution in [3.05, 3.63) is 23.8 Å². The van der Waals surface area contributed by atoms with Gasteiger partial charge in [0.15, 0.2) is 0 Å². The van der Waals surface area contributed by atoms with Gasteiger partial charge in [-0.3, -0.25) is 0 Å². The highest BCUT2D eigenvalue weighted by Gasteiger charge is 2.26. The Morgan fingerprint density at radius 2 is 2.25 bits per heavy atom. The lowest BCUT2D eigenvalue weighted by Gasteiger charge is -2.24. The van der Waals surface area contributed by atoms with Crippen molar-refractivity contribution < 1.29 is 10.2 Å². The maximum absolute atomic E-state index is 9.50. The fourth-order valence-corrected chi connectivity index (χ4v) is 1.47. The van der Waals surface area contributed by atoms with Gasteiger partial charge in [-0.1, -0.05) is 0 Å². The summed E-state index contributed by atoms with van der Waals surface area (Å²) in [5.41, 5.74) is 1.51. The van der Waals surface area contributed by atoms with Gasteiger partial charge in [0.25, 0.3) is 0 Å². The quantitative estimate of drug-likeness (QED) is 0.561. The average molecular weight is 166 g/mol. The van der Waals surface area contributed by atoms with E-state index in [9.17, 15) is 10.2 Å². The summed E-state index contributed by atoms with van der Waals surface area (Å²) in [6.07, 6.45) is 2.85. The Morgan fingerprint density at radius 3 is 3.08 bits per heavy atom. The first-order valence-corrected chi connectivity index (χ1v) is 3.94. The van der Waals surface area contributed by atoms with Crippen molar-refractivity contribution in [2.24, 2.45) is 0 Å². The molecule has 1 aromatic rings. The van der Waals surface area contributed by atoms with Crippen LogP contribution in [0.4, 0.5) is 0 Å². The van der Waals surface area contributed by atoms with E-state index < -0.39 is 12.2 Å². The molecule has 0 fully saturated rings. The van der Waals surface area contributed by atoms with Gasteiger partial charge in [0.05, 0.1) is 6.10 Å². The lowest BCUT2D eigenvalue weighted by molar-refractivity contribution is 0.00550. The minimum absolute atomic E-state index is 0.575. The van der Waals surface area contributed by atoms with Crippen molar-refractivity contribution in [2.75, 3.05) is 0 Å². The number of aromatic nitrogens is 2. The third kappa shape index (κ3) is 1.09. The van der Waals surface area contributed by atoms with E-state index in [1.165, 1.54) is 6.33 Å². The van der Waals surface area contributed by atoms with Gasteiger partial charge in [-0.05, 0) is 12.8 Å². The summed E-state index contributed by atoms with van der Waals surface area (Å²) in [7, 11) is 0. The standard InChI is InChI=1S/C8H10N2O2/c11-7-2-1-6-5(8(7)12)3-9-4-10-6/h3-4,7-8,11-12H,1-2H2. The van der Waals surface area contributed by atoms with Crippen LogP contribution < -0.4 is 0 Å². The summed E-state index contributed by atoms with van der Waals surface area (Å²) < 4.78 is 0. The average Bonchev–Trinajstić information content (AvgIpc) is 2.12. The van der Waals surface area contributed by atoms with Crippen LogP contribution in [0, 0.1) is 0 Å². The molecule has 2 N–H and O–H groups in total. The summed E-state index contributed by atoms with van der Waals surface area (Å²) in [6.45, 7) is 0. The van der Waals surface area contributed by atoms with Crippen LogP contribution in [0.3, 0.4) is 0 Å².